The van der Waals surface area contributed by atoms with E-state index < -0.39 is 0 Å². The lowest BCUT2D eigenvalue weighted by Crippen LogP contribution is -2.17. The van der Waals surface area contributed by atoms with Crippen molar-refractivity contribution in [3.05, 3.63) is 50.4 Å². The van der Waals surface area contributed by atoms with Crippen LogP contribution in [0.2, 0.25) is 0 Å². The predicted octanol–water partition coefficient (Wildman–Crippen LogP) is 4.26. The van der Waals surface area contributed by atoms with Crippen LogP contribution in [0.15, 0.2) is 41.3 Å². The van der Waals surface area contributed by atoms with Crippen LogP contribution in [-0.2, 0) is 4.79 Å². The van der Waals surface area contributed by atoms with Crippen LogP contribution in [0.1, 0.15) is 5.56 Å². The molecule has 2 aromatic rings. The summed E-state index contributed by atoms with van der Waals surface area (Å²) in [6.07, 6.45) is 1.78. The van der Waals surface area contributed by atoms with E-state index in [0.29, 0.717) is 39.7 Å². The summed E-state index contributed by atoms with van der Waals surface area (Å²) in [6.45, 7) is 0.711. The smallest absolute Gasteiger partial charge is 0.263 e. The van der Waals surface area contributed by atoms with E-state index in [-0.39, 0.29) is 5.91 Å². The minimum Gasteiger partial charge on any atom is -0.497 e. The Kier molecular flexibility index (Phi) is 7.62. The van der Waals surface area contributed by atoms with E-state index in [1.807, 2.05) is 36.4 Å². The molecule has 0 saturated carbocycles. The maximum atomic E-state index is 11.9. The zero-order valence-corrected chi connectivity index (χ0v) is 19.5. The molecule has 6 nitrogen and oxygen atoms in total. The Bertz CT molecular complexity index is 964. The first-order valence-electron chi connectivity index (χ1n) is 8.52. The minimum absolute atomic E-state index is 0.191. The number of halogens is 1. The van der Waals surface area contributed by atoms with Gasteiger partial charge in [0.05, 0.1) is 22.7 Å². The van der Waals surface area contributed by atoms with E-state index in [9.17, 15) is 4.79 Å². The number of amides is 1. The highest BCUT2D eigenvalue weighted by Crippen LogP contribution is 2.36. The number of benzene rings is 2. The van der Waals surface area contributed by atoms with Gasteiger partial charge in [0.25, 0.3) is 5.91 Å². The van der Waals surface area contributed by atoms with Crippen molar-refractivity contribution < 1.29 is 23.7 Å². The zero-order chi connectivity index (χ0) is 20.8. The number of carbonyl (C=O) groups is 1. The van der Waals surface area contributed by atoms with E-state index in [1.165, 1.54) is 11.8 Å². The van der Waals surface area contributed by atoms with Gasteiger partial charge in [0.1, 0.15) is 29.0 Å². The molecular formula is C20H18INO5S2. The van der Waals surface area contributed by atoms with Crippen molar-refractivity contribution in [1.29, 1.82) is 0 Å². The first-order chi connectivity index (χ1) is 14.0. The van der Waals surface area contributed by atoms with Gasteiger partial charge in [-0.3, -0.25) is 4.79 Å². The Morgan fingerprint density at radius 2 is 1.86 bits per heavy atom. The van der Waals surface area contributed by atoms with Gasteiger partial charge in [-0.05, 0) is 58.5 Å². The standard InChI is InChI=1S/C20H18INO5S2/c1-24-13-4-3-5-14(11-13)26-6-7-27-18-15(21)8-12(9-16(18)25-2)10-17-19(23)22-20(28)29-17/h3-5,8-11H,6-7H2,1-2H3,(H,22,23,28)/b17-10+. The van der Waals surface area contributed by atoms with Gasteiger partial charge in [0.15, 0.2) is 11.5 Å². The second-order valence-electron chi connectivity index (χ2n) is 5.76. The highest BCUT2D eigenvalue weighted by atomic mass is 127. The Balaban J connectivity index is 1.65. The Morgan fingerprint density at radius 3 is 2.55 bits per heavy atom. The first-order valence-corrected chi connectivity index (χ1v) is 10.8. The fraction of sp³-hybridized carbons (Fsp3) is 0.200. The molecule has 1 heterocycles. The number of thiocarbonyl (C=S) groups is 1. The van der Waals surface area contributed by atoms with E-state index >= 15 is 0 Å². The second-order valence-corrected chi connectivity index (χ2v) is 8.64. The van der Waals surface area contributed by atoms with Crippen molar-refractivity contribution in [3.8, 4) is 23.0 Å². The topological polar surface area (TPSA) is 66.0 Å². The molecule has 0 aromatic heterocycles. The fourth-order valence-corrected chi connectivity index (χ4v) is 4.36. The van der Waals surface area contributed by atoms with Crippen LogP contribution in [-0.4, -0.2) is 37.7 Å². The number of hydrogen-bond donors (Lipinski definition) is 1. The summed E-state index contributed by atoms with van der Waals surface area (Å²) in [5.41, 5.74) is 0.827. The van der Waals surface area contributed by atoms with Gasteiger partial charge in [0.2, 0.25) is 0 Å². The number of thioether (sulfide) groups is 1. The van der Waals surface area contributed by atoms with Crippen LogP contribution < -0.4 is 24.3 Å². The molecule has 1 saturated heterocycles. The van der Waals surface area contributed by atoms with E-state index in [0.717, 1.165) is 14.9 Å². The van der Waals surface area contributed by atoms with Gasteiger partial charge in [-0.25, -0.2) is 0 Å². The molecular weight excluding hydrogens is 525 g/mol. The van der Waals surface area contributed by atoms with Crippen LogP contribution in [0.3, 0.4) is 0 Å². The third-order valence-corrected chi connectivity index (χ3v) is 5.80. The Hall–Kier alpha value is -1.98. The number of ether oxygens (including phenoxy) is 4. The van der Waals surface area contributed by atoms with E-state index in [1.54, 1.807) is 20.3 Å². The first kappa shape index (κ1) is 21.7. The van der Waals surface area contributed by atoms with Crippen LogP contribution >= 0.6 is 46.6 Å². The highest BCUT2D eigenvalue weighted by molar-refractivity contribution is 14.1. The lowest BCUT2D eigenvalue weighted by atomic mass is 10.2. The minimum atomic E-state index is -0.191. The zero-order valence-electron chi connectivity index (χ0n) is 15.7. The van der Waals surface area contributed by atoms with Crippen molar-refractivity contribution in [2.75, 3.05) is 27.4 Å². The summed E-state index contributed by atoms with van der Waals surface area (Å²) in [4.78, 5) is 12.4. The monoisotopic (exact) mass is 543 g/mol. The number of methoxy groups -OCH3 is 2. The van der Waals surface area contributed by atoms with Crippen molar-refractivity contribution in [3.63, 3.8) is 0 Å². The lowest BCUT2D eigenvalue weighted by Gasteiger charge is -2.14. The SMILES string of the molecule is COc1cccc(OCCOc2c(I)cc(/C=C3/SC(=S)NC3=O)cc2OC)c1. The van der Waals surface area contributed by atoms with Gasteiger partial charge in [-0.15, -0.1) is 0 Å². The molecule has 1 N–H and O–H groups in total. The Morgan fingerprint density at radius 1 is 1.10 bits per heavy atom. The van der Waals surface area contributed by atoms with Gasteiger partial charge in [0, 0.05) is 6.07 Å². The molecule has 2 aromatic carbocycles. The molecule has 1 aliphatic heterocycles. The molecule has 0 aliphatic carbocycles. The number of rotatable bonds is 8. The number of hydrogen-bond acceptors (Lipinski definition) is 7. The van der Waals surface area contributed by atoms with Crippen LogP contribution in [0.4, 0.5) is 0 Å². The van der Waals surface area contributed by atoms with Gasteiger partial charge in [-0.1, -0.05) is 30.0 Å². The molecule has 1 amide bonds. The van der Waals surface area contributed by atoms with Crippen LogP contribution in [0.5, 0.6) is 23.0 Å². The molecule has 152 valence electrons. The summed E-state index contributed by atoms with van der Waals surface area (Å²) in [5.74, 6) is 2.46. The molecule has 3 rings (SSSR count). The lowest BCUT2D eigenvalue weighted by molar-refractivity contribution is -0.115. The van der Waals surface area contributed by atoms with Gasteiger partial charge < -0.3 is 24.3 Å². The quantitative estimate of drug-likeness (QED) is 0.231. The average Bonchev–Trinajstić information content (AvgIpc) is 3.02. The van der Waals surface area contributed by atoms with Crippen molar-refractivity contribution >= 4 is 62.9 Å². The fourth-order valence-electron chi connectivity index (χ4n) is 2.53. The largest absolute Gasteiger partial charge is 0.497 e. The molecule has 29 heavy (non-hydrogen) atoms. The Labute approximate surface area is 192 Å². The molecule has 0 unspecified atom stereocenters. The number of nitrogens with one attached hydrogen (secondary N) is 1. The van der Waals surface area contributed by atoms with Gasteiger partial charge >= 0.3 is 0 Å². The summed E-state index contributed by atoms with van der Waals surface area (Å²) in [7, 11) is 3.19. The highest BCUT2D eigenvalue weighted by Gasteiger charge is 2.22. The van der Waals surface area contributed by atoms with E-state index in [2.05, 4.69) is 27.9 Å². The van der Waals surface area contributed by atoms with Crippen molar-refractivity contribution in [2.45, 2.75) is 0 Å². The van der Waals surface area contributed by atoms with Crippen molar-refractivity contribution in [1.82, 2.24) is 5.32 Å². The maximum absolute atomic E-state index is 11.9. The normalized spacial score (nSPS) is 14.7. The molecule has 0 radical (unpaired) electrons. The second kappa shape index (κ2) is 10.2. The summed E-state index contributed by atoms with van der Waals surface area (Å²) >= 11 is 8.44. The third kappa shape index (κ3) is 5.77. The molecule has 0 atom stereocenters. The molecule has 9 heteroatoms. The molecule has 0 spiro atoms. The summed E-state index contributed by atoms with van der Waals surface area (Å²) in [6, 6.07) is 11.1. The average molecular weight is 543 g/mol. The number of carbonyl (C=O) groups excluding carboxylic acids is 1. The molecule has 1 fully saturated rings. The summed E-state index contributed by atoms with van der Waals surface area (Å²) < 4.78 is 23.6. The van der Waals surface area contributed by atoms with Crippen LogP contribution in [0.25, 0.3) is 6.08 Å². The molecule has 0 bridgehead atoms. The van der Waals surface area contributed by atoms with E-state index in [4.69, 9.17) is 31.2 Å². The summed E-state index contributed by atoms with van der Waals surface area (Å²) in [5, 5.41) is 2.60. The van der Waals surface area contributed by atoms with Crippen molar-refractivity contribution in [2.24, 2.45) is 0 Å². The van der Waals surface area contributed by atoms with Crippen LogP contribution in [0, 0.1) is 3.57 Å². The maximum Gasteiger partial charge on any atom is 0.263 e. The predicted molar refractivity (Wildman–Crippen MR) is 126 cm³/mol. The van der Waals surface area contributed by atoms with Gasteiger partial charge in [-0.2, -0.15) is 0 Å². The molecule has 1 aliphatic rings. The third-order valence-electron chi connectivity index (χ3n) is 3.83.